The van der Waals surface area contributed by atoms with Gasteiger partial charge in [0.15, 0.2) is 6.29 Å². The highest BCUT2D eigenvalue weighted by Gasteiger charge is 2.31. The highest BCUT2D eigenvalue weighted by atomic mass is 16.5. The molecule has 20 heavy (non-hydrogen) atoms. The Bertz CT molecular complexity index is 558. The van der Waals surface area contributed by atoms with E-state index in [4.69, 9.17) is 4.74 Å². The number of hydrogen-bond donors (Lipinski definition) is 0. The van der Waals surface area contributed by atoms with Crippen molar-refractivity contribution in [3.63, 3.8) is 0 Å². The van der Waals surface area contributed by atoms with E-state index in [0.717, 1.165) is 30.5 Å². The molecule has 2 rings (SSSR count). The molecular formula is C17H23NO2. The molecule has 0 fully saturated rings. The van der Waals surface area contributed by atoms with Gasteiger partial charge in [0.05, 0.1) is 18.2 Å². The van der Waals surface area contributed by atoms with Crippen LogP contribution in [0.5, 0.6) is 5.75 Å². The van der Waals surface area contributed by atoms with Crippen LogP contribution in [-0.2, 0) is 0 Å². The van der Waals surface area contributed by atoms with Gasteiger partial charge in [-0.3, -0.25) is 4.79 Å². The molecule has 1 aromatic rings. The Morgan fingerprint density at radius 1 is 1.35 bits per heavy atom. The largest absolute Gasteiger partial charge is 0.496 e. The van der Waals surface area contributed by atoms with Gasteiger partial charge in [-0.25, -0.2) is 0 Å². The van der Waals surface area contributed by atoms with Crippen LogP contribution < -0.4 is 9.64 Å². The van der Waals surface area contributed by atoms with Crippen molar-refractivity contribution in [1.29, 1.82) is 0 Å². The predicted molar refractivity (Wildman–Crippen MR) is 83.7 cm³/mol. The number of carbonyl (C=O) groups is 1. The van der Waals surface area contributed by atoms with Gasteiger partial charge in [-0.05, 0) is 38.8 Å². The van der Waals surface area contributed by atoms with Crippen LogP contribution in [0.15, 0.2) is 18.2 Å². The van der Waals surface area contributed by atoms with E-state index in [9.17, 15) is 4.79 Å². The summed E-state index contributed by atoms with van der Waals surface area (Å²) in [4.78, 5) is 13.6. The third kappa shape index (κ3) is 2.33. The first-order valence-electron chi connectivity index (χ1n) is 7.09. The van der Waals surface area contributed by atoms with Crippen molar-refractivity contribution < 1.29 is 9.53 Å². The fourth-order valence-electron chi connectivity index (χ4n) is 3.02. The van der Waals surface area contributed by atoms with Crippen molar-refractivity contribution in [3.8, 4) is 5.75 Å². The molecular weight excluding hydrogens is 250 g/mol. The fourth-order valence-corrected chi connectivity index (χ4v) is 3.02. The number of benzene rings is 1. The van der Waals surface area contributed by atoms with Crippen LogP contribution >= 0.6 is 0 Å². The van der Waals surface area contributed by atoms with Crippen molar-refractivity contribution in [3.05, 3.63) is 29.3 Å². The topological polar surface area (TPSA) is 29.5 Å². The molecule has 0 radical (unpaired) electrons. The first-order valence-corrected chi connectivity index (χ1v) is 7.09. The molecule has 0 saturated heterocycles. The summed E-state index contributed by atoms with van der Waals surface area (Å²) in [6, 6.07) is 3.93. The maximum atomic E-state index is 11.2. The average Bonchev–Trinajstić information content (AvgIpc) is 2.41. The second kappa shape index (κ2) is 5.31. The van der Waals surface area contributed by atoms with Gasteiger partial charge in [-0.2, -0.15) is 0 Å². The van der Waals surface area contributed by atoms with Gasteiger partial charge in [0.1, 0.15) is 5.75 Å². The number of allylic oxidation sites excluding steroid dienone is 1. The van der Waals surface area contributed by atoms with Crippen molar-refractivity contribution >= 4 is 17.5 Å². The summed E-state index contributed by atoms with van der Waals surface area (Å²) in [5.74, 6) is 0.644. The van der Waals surface area contributed by atoms with Crippen molar-refractivity contribution in [2.75, 3.05) is 18.6 Å². The van der Waals surface area contributed by atoms with E-state index in [1.54, 1.807) is 7.11 Å². The van der Waals surface area contributed by atoms with Crippen LogP contribution in [0.25, 0.3) is 5.57 Å². The zero-order valence-electron chi connectivity index (χ0n) is 13.0. The summed E-state index contributed by atoms with van der Waals surface area (Å²) in [5, 5.41) is 0. The smallest absolute Gasteiger partial charge is 0.153 e. The Kier molecular flexibility index (Phi) is 3.89. The maximum Gasteiger partial charge on any atom is 0.153 e. The van der Waals surface area contributed by atoms with Crippen LogP contribution in [0, 0.1) is 0 Å². The molecule has 0 aromatic heterocycles. The van der Waals surface area contributed by atoms with Gasteiger partial charge in [0.25, 0.3) is 0 Å². The van der Waals surface area contributed by atoms with E-state index < -0.39 is 0 Å². The van der Waals surface area contributed by atoms with Crippen LogP contribution in [0.3, 0.4) is 0 Å². The highest BCUT2D eigenvalue weighted by Crippen LogP contribution is 2.41. The van der Waals surface area contributed by atoms with Gasteiger partial charge < -0.3 is 9.64 Å². The zero-order valence-corrected chi connectivity index (χ0v) is 13.0. The van der Waals surface area contributed by atoms with E-state index in [2.05, 4.69) is 38.7 Å². The monoisotopic (exact) mass is 273 g/mol. The van der Waals surface area contributed by atoms with E-state index in [1.165, 1.54) is 5.57 Å². The summed E-state index contributed by atoms with van der Waals surface area (Å²) >= 11 is 0. The van der Waals surface area contributed by atoms with E-state index in [1.807, 2.05) is 12.1 Å². The number of anilines is 1. The molecule has 0 N–H and O–H groups in total. The van der Waals surface area contributed by atoms with Crippen LogP contribution in [-0.4, -0.2) is 25.5 Å². The Hall–Kier alpha value is -1.77. The summed E-state index contributed by atoms with van der Waals surface area (Å²) in [6.07, 6.45) is 4.20. The molecule has 108 valence electrons. The number of ether oxygens (including phenoxy) is 1. The van der Waals surface area contributed by atoms with Crippen molar-refractivity contribution in [2.24, 2.45) is 0 Å². The first-order chi connectivity index (χ1) is 9.44. The van der Waals surface area contributed by atoms with E-state index in [-0.39, 0.29) is 5.54 Å². The molecule has 0 unspecified atom stereocenters. The number of methoxy groups -OCH3 is 1. The summed E-state index contributed by atoms with van der Waals surface area (Å²) < 4.78 is 5.35. The molecule has 1 aliphatic heterocycles. The van der Waals surface area contributed by atoms with E-state index >= 15 is 0 Å². The molecule has 0 saturated carbocycles. The lowest BCUT2D eigenvalue weighted by Gasteiger charge is -2.43. The Morgan fingerprint density at radius 2 is 2.05 bits per heavy atom. The Labute approximate surface area is 121 Å². The van der Waals surface area contributed by atoms with Gasteiger partial charge >= 0.3 is 0 Å². The maximum absolute atomic E-state index is 11.2. The zero-order chi connectivity index (χ0) is 14.9. The minimum Gasteiger partial charge on any atom is -0.496 e. The molecule has 0 aliphatic carbocycles. The summed E-state index contributed by atoms with van der Waals surface area (Å²) in [7, 11) is 1.61. The molecule has 1 heterocycles. The molecule has 0 amide bonds. The van der Waals surface area contributed by atoms with Crippen LogP contribution in [0.4, 0.5) is 5.69 Å². The molecule has 0 atom stereocenters. The van der Waals surface area contributed by atoms with E-state index in [0.29, 0.717) is 11.3 Å². The lowest BCUT2D eigenvalue weighted by atomic mass is 9.87. The van der Waals surface area contributed by atoms with Crippen molar-refractivity contribution in [2.45, 2.75) is 39.7 Å². The predicted octanol–water partition coefficient (Wildman–Crippen LogP) is 3.92. The Morgan fingerprint density at radius 3 is 2.60 bits per heavy atom. The lowest BCUT2D eigenvalue weighted by Crippen LogP contribution is -2.45. The number of hydrogen-bond acceptors (Lipinski definition) is 3. The second-order valence-electron chi connectivity index (χ2n) is 5.86. The van der Waals surface area contributed by atoms with Gasteiger partial charge in [0, 0.05) is 23.9 Å². The molecule has 0 bridgehead atoms. The number of aldehydes is 1. The standard InChI is InChI=1S/C17H23NO2/c1-6-7-18-15-9-16(20-5)13(11-19)8-14(15)12(2)10-17(18,3)4/h8-11H,6-7H2,1-5H3. The van der Waals surface area contributed by atoms with Crippen LogP contribution in [0.1, 0.15) is 50.0 Å². The number of nitrogens with zero attached hydrogens (tertiary/aromatic N) is 1. The fraction of sp³-hybridized carbons (Fsp3) is 0.471. The number of rotatable bonds is 4. The second-order valence-corrected chi connectivity index (χ2v) is 5.86. The van der Waals surface area contributed by atoms with Crippen molar-refractivity contribution in [1.82, 2.24) is 0 Å². The quantitative estimate of drug-likeness (QED) is 0.779. The van der Waals surface area contributed by atoms with Crippen LogP contribution in [0.2, 0.25) is 0 Å². The normalized spacial score (nSPS) is 16.4. The first kappa shape index (κ1) is 14.6. The molecule has 1 aliphatic rings. The summed E-state index contributed by atoms with van der Waals surface area (Å²) in [5.41, 5.74) is 4.07. The average molecular weight is 273 g/mol. The van der Waals surface area contributed by atoms with Gasteiger partial charge in [0.2, 0.25) is 0 Å². The third-order valence-electron chi connectivity index (χ3n) is 3.90. The highest BCUT2D eigenvalue weighted by molar-refractivity contribution is 5.89. The minimum absolute atomic E-state index is 0.0270. The minimum atomic E-state index is -0.0270. The third-order valence-corrected chi connectivity index (χ3v) is 3.90. The van der Waals surface area contributed by atoms with Gasteiger partial charge in [-0.15, -0.1) is 0 Å². The Balaban J connectivity index is 2.66. The SMILES string of the molecule is CCCN1c2cc(OC)c(C=O)cc2C(C)=CC1(C)C. The number of carbonyl (C=O) groups excluding carboxylic acids is 1. The molecule has 3 heteroatoms. The van der Waals surface area contributed by atoms with Gasteiger partial charge in [-0.1, -0.05) is 13.0 Å². The molecule has 1 aromatic carbocycles. The lowest BCUT2D eigenvalue weighted by molar-refractivity contribution is 0.112. The number of fused-ring (bicyclic) bond motifs is 1. The molecule has 0 spiro atoms. The molecule has 3 nitrogen and oxygen atoms in total. The summed E-state index contributed by atoms with van der Waals surface area (Å²) in [6.45, 7) is 9.70.